The molecule has 0 aliphatic carbocycles. The SMILES string of the molecule is C[Si]1(C)OC(CCl)[Si](C)(C)[Si](C)(C)[Si]1(C)C. The fraction of sp³-hybridized carbons (Fsp3) is 1.00. The first kappa shape index (κ1) is 15.2. The van der Waals surface area contributed by atoms with E-state index in [4.69, 9.17) is 16.0 Å². The molecule has 0 aromatic carbocycles. The highest BCUT2D eigenvalue weighted by Gasteiger charge is 2.66. The molecule has 0 amide bonds. The summed E-state index contributed by atoms with van der Waals surface area (Å²) in [5, 5.41) is 0. The Balaban J connectivity index is 3.30. The van der Waals surface area contributed by atoms with E-state index in [1.165, 1.54) is 0 Å². The molecule has 1 saturated heterocycles. The molecule has 0 aromatic rings. The molecular formula is C10H27ClOSi4. The molecule has 1 unspecified atom stereocenters. The number of halogens is 1. The molecular weight excluding hydrogens is 284 g/mol. The summed E-state index contributed by atoms with van der Waals surface area (Å²) in [6, 6.07) is 0. The Kier molecular flexibility index (Phi) is 3.85. The second-order valence-corrected chi connectivity index (χ2v) is 46.9. The summed E-state index contributed by atoms with van der Waals surface area (Å²) in [6.07, 6.45) is 0. The minimum absolute atomic E-state index is 0.415. The van der Waals surface area contributed by atoms with E-state index < -0.39 is 29.6 Å². The van der Waals surface area contributed by atoms with E-state index in [9.17, 15) is 0 Å². The van der Waals surface area contributed by atoms with E-state index in [0.717, 1.165) is 5.88 Å². The van der Waals surface area contributed by atoms with Crippen molar-refractivity contribution in [3.05, 3.63) is 0 Å². The summed E-state index contributed by atoms with van der Waals surface area (Å²) in [7, 11) is -5.08. The molecule has 0 N–H and O–H groups in total. The zero-order chi connectivity index (χ0) is 13.0. The normalized spacial score (nSPS) is 34.7. The number of alkyl halides is 1. The lowest BCUT2D eigenvalue weighted by Gasteiger charge is -2.62. The van der Waals surface area contributed by atoms with Gasteiger partial charge in [-0.25, -0.2) is 0 Å². The highest BCUT2D eigenvalue weighted by molar-refractivity contribution is 7.83. The van der Waals surface area contributed by atoms with Gasteiger partial charge in [-0.05, 0) is 13.1 Å². The molecule has 0 aromatic heterocycles. The van der Waals surface area contributed by atoms with Gasteiger partial charge in [0, 0.05) is 18.7 Å². The Hall–Kier alpha value is 1.12. The first-order chi connectivity index (χ1) is 6.92. The monoisotopic (exact) mass is 310 g/mol. The summed E-state index contributed by atoms with van der Waals surface area (Å²) in [5.74, 6) is 0.719. The summed E-state index contributed by atoms with van der Waals surface area (Å²) in [6.45, 7) is 20.4. The predicted molar refractivity (Wildman–Crippen MR) is 85.5 cm³/mol. The summed E-state index contributed by atoms with van der Waals surface area (Å²) < 4.78 is 6.55. The predicted octanol–water partition coefficient (Wildman–Crippen LogP) is 3.73. The molecule has 0 bridgehead atoms. The van der Waals surface area contributed by atoms with Gasteiger partial charge in [0.15, 0.2) is 7.83 Å². The molecule has 0 spiro atoms. The Morgan fingerprint density at radius 2 is 1.31 bits per heavy atom. The van der Waals surface area contributed by atoms with Gasteiger partial charge in [-0.3, -0.25) is 0 Å². The van der Waals surface area contributed by atoms with Crippen LogP contribution < -0.4 is 0 Å². The molecule has 0 saturated carbocycles. The molecule has 1 aliphatic heterocycles. The molecule has 1 nitrogen and oxygen atoms in total. The van der Waals surface area contributed by atoms with Gasteiger partial charge in [0.1, 0.15) is 0 Å². The number of hydrogen-bond acceptors (Lipinski definition) is 1. The fourth-order valence-corrected chi connectivity index (χ4v) is 73.1. The van der Waals surface area contributed by atoms with Crippen LogP contribution in [0.4, 0.5) is 0 Å². The van der Waals surface area contributed by atoms with Crippen molar-refractivity contribution in [1.82, 2.24) is 0 Å². The van der Waals surface area contributed by atoms with Crippen LogP contribution in [0, 0.1) is 0 Å². The largest absolute Gasteiger partial charge is 0.420 e. The van der Waals surface area contributed by atoms with Crippen LogP contribution in [0.1, 0.15) is 0 Å². The van der Waals surface area contributed by atoms with Crippen LogP contribution in [0.5, 0.6) is 0 Å². The van der Waals surface area contributed by atoms with Crippen LogP contribution >= 0.6 is 11.6 Å². The molecule has 6 heteroatoms. The van der Waals surface area contributed by atoms with E-state index in [0.29, 0.717) is 5.73 Å². The quantitative estimate of drug-likeness (QED) is 0.530. The van der Waals surface area contributed by atoms with Crippen molar-refractivity contribution >= 4 is 41.2 Å². The second kappa shape index (κ2) is 4.06. The highest BCUT2D eigenvalue weighted by Crippen LogP contribution is 2.43. The molecule has 0 radical (unpaired) electrons. The van der Waals surface area contributed by atoms with Crippen molar-refractivity contribution in [2.75, 3.05) is 5.88 Å². The van der Waals surface area contributed by atoms with Crippen LogP contribution in [0.3, 0.4) is 0 Å². The van der Waals surface area contributed by atoms with Crippen molar-refractivity contribution < 1.29 is 4.43 Å². The third kappa shape index (κ3) is 1.78. The van der Waals surface area contributed by atoms with Gasteiger partial charge in [-0.15, -0.1) is 11.6 Å². The van der Waals surface area contributed by atoms with Gasteiger partial charge in [0.25, 0.3) is 0 Å². The second-order valence-electron chi connectivity index (χ2n) is 7.24. The van der Waals surface area contributed by atoms with Crippen LogP contribution in [0.15, 0.2) is 0 Å². The third-order valence-corrected chi connectivity index (χ3v) is 73.1. The molecule has 96 valence electrons. The average molecular weight is 311 g/mol. The zero-order valence-electron chi connectivity index (χ0n) is 12.1. The van der Waals surface area contributed by atoms with E-state index >= 15 is 0 Å². The van der Waals surface area contributed by atoms with Crippen molar-refractivity contribution in [3.8, 4) is 0 Å². The maximum Gasteiger partial charge on any atom is 0.170 e. The molecule has 1 aliphatic rings. The van der Waals surface area contributed by atoms with Gasteiger partial charge in [0.05, 0.1) is 14.7 Å². The van der Waals surface area contributed by atoms with Crippen LogP contribution in [0.2, 0.25) is 52.4 Å². The zero-order valence-corrected chi connectivity index (χ0v) is 16.8. The molecule has 16 heavy (non-hydrogen) atoms. The van der Waals surface area contributed by atoms with Gasteiger partial charge >= 0.3 is 0 Å². The minimum atomic E-state index is -1.48. The Labute approximate surface area is 109 Å². The molecule has 1 fully saturated rings. The minimum Gasteiger partial charge on any atom is -0.420 e. The van der Waals surface area contributed by atoms with E-state index in [2.05, 4.69) is 52.4 Å². The van der Waals surface area contributed by atoms with Crippen molar-refractivity contribution in [1.29, 1.82) is 0 Å². The summed E-state index contributed by atoms with van der Waals surface area (Å²) in [4.78, 5) is 0. The Morgan fingerprint density at radius 3 is 1.69 bits per heavy atom. The van der Waals surface area contributed by atoms with E-state index in [1.807, 2.05) is 0 Å². The smallest absolute Gasteiger partial charge is 0.170 e. The average Bonchev–Trinajstić information content (AvgIpc) is 2.11. The highest BCUT2D eigenvalue weighted by atomic mass is 35.5. The number of rotatable bonds is 1. The first-order valence-corrected chi connectivity index (χ1v) is 21.7. The van der Waals surface area contributed by atoms with Crippen LogP contribution in [-0.2, 0) is 4.43 Å². The maximum atomic E-state index is 6.55. The molecule has 1 rings (SSSR count). The van der Waals surface area contributed by atoms with Gasteiger partial charge in [-0.1, -0.05) is 39.3 Å². The van der Waals surface area contributed by atoms with Crippen molar-refractivity contribution in [2.45, 2.75) is 58.1 Å². The lowest BCUT2D eigenvalue weighted by molar-refractivity contribution is 0.292. The first-order valence-electron chi connectivity index (χ1n) is 6.15. The van der Waals surface area contributed by atoms with Gasteiger partial charge in [0.2, 0.25) is 0 Å². The lowest BCUT2D eigenvalue weighted by atomic mass is 10.9. The third-order valence-electron chi connectivity index (χ3n) is 6.06. The fourth-order valence-electron chi connectivity index (χ4n) is 2.84. The summed E-state index contributed by atoms with van der Waals surface area (Å²) in [5.41, 5.74) is 0.415. The summed E-state index contributed by atoms with van der Waals surface area (Å²) >= 11 is 6.18. The van der Waals surface area contributed by atoms with Crippen molar-refractivity contribution in [2.24, 2.45) is 0 Å². The van der Waals surface area contributed by atoms with Gasteiger partial charge < -0.3 is 4.43 Å². The van der Waals surface area contributed by atoms with E-state index in [1.54, 1.807) is 0 Å². The standard InChI is InChI=1S/C10H27ClOSi4/c1-13(2)10(9-11)12-14(3,4)16(7,8)15(13,5)6/h10H,9H2,1-8H3. The maximum absolute atomic E-state index is 6.55. The van der Waals surface area contributed by atoms with E-state index in [-0.39, 0.29) is 0 Å². The molecule has 1 atom stereocenters. The lowest BCUT2D eigenvalue weighted by Crippen LogP contribution is -2.87. The molecule has 1 heterocycles. The number of hydrogen-bond donors (Lipinski definition) is 0. The Morgan fingerprint density at radius 1 is 0.875 bits per heavy atom. The van der Waals surface area contributed by atoms with Crippen LogP contribution in [-0.4, -0.2) is 41.3 Å². The van der Waals surface area contributed by atoms with Gasteiger partial charge in [-0.2, -0.15) is 0 Å². The topological polar surface area (TPSA) is 9.23 Å². The Bertz CT molecular complexity index is 289. The van der Waals surface area contributed by atoms with Crippen LogP contribution in [0.25, 0.3) is 0 Å². The van der Waals surface area contributed by atoms with Crippen molar-refractivity contribution in [3.63, 3.8) is 0 Å².